The van der Waals surface area contributed by atoms with Crippen LogP contribution in [0.1, 0.15) is 42.9 Å². The number of nitrogens with zero attached hydrogens (tertiary/aromatic N) is 6. The molecule has 0 bridgehead atoms. The van der Waals surface area contributed by atoms with Gasteiger partial charge in [0.1, 0.15) is 5.82 Å². The van der Waals surface area contributed by atoms with Gasteiger partial charge in [0, 0.05) is 58.3 Å². The van der Waals surface area contributed by atoms with E-state index in [4.69, 9.17) is 9.97 Å². The fourth-order valence-electron chi connectivity index (χ4n) is 4.30. The largest absolute Gasteiger partial charge is 0.363 e. The Morgan fingerprint density at radius 1 is 1.13 bits per heavy atom. The standard InChI is InChI=1S/C24H30N6O/c1-17(31)30-13-7-11-22(30)24-26-19(14-23(27-24)28(2)3)16-29(4)15-18-8-5-10-21-20(18)9-6-12-25-21/h5-6,8-10,12,14,22H,7,11,13,15-16H2,1-4H3/t22-/m1/s1. The average molecular weight is 419 g/mol. The molecule has 0 saturated carbocycles. The summed E-state index contributed by atoms with van der Waals surface area (Å²) in [5, 5.41) is 1.18. The number of amides is 1. The summed E-state index contributed by atoms with van der Waals surface area (Å²) >= 11 is 0. The van der Waals surface area contributed by atoms with Crippen LogP contribution in [-0.4, -0.2) is 58.3 Å². The summed E-state index contributed by atoms with van der Waals surface area (Å²) < 4.78 is 0. The van der Waals surface area contributed by atoms with Crippen LogP contribution in [0.4, 0.5) is 5.82 Å². The maximum atomic E-state index is 12.1. The fraction of sp³-hybridized carbons (Fsp3) is 0.417. The quantitative estimate of drug-likeness (QED) is 0.611. The highest BCUT2D eigenvalue weighted by Crippen LogP contribution is 2.31. The highest BCUT2D eigenvalue weighted by atomic mass is 16.2. The van der Waals surface area contributed by atoms with Gasteiger partial charge in [0.05, 0.1) is 17.3 Å². The third-order valence-electron chi connectivity index (χ3n) is 5.80. The van der Waals surface area contributed by atoms with Crippen molar-refractivity contribution in [3.63, 3.8) is 0 Å². The molecule has 7 heteroatoms. The number of benzene rings is 1. The molecule has 1 aromatic carbocycles. The van der Waals surface area contributed by atoms with Crippen LogP contribution >= 0.6 is 0 Å². The van der Waals surface area contributed by atoms with Crippen molar-refractivity contribution in [1.82, 2.24) is 24.8 Å². The Kier molecular flexibility index (Phi) is 6.13. The molecule has 1 saturated heterocycles. The van der Waals surface area contributed by atoms with Crippen molar-refractivity contribution in [3.8, 4) is 0 Å². The molecule has 31 heavy (non-hydrogen) atoms. The van der Waals surface area contributed by atoms with Gasteiger partial charge in [-0.05, 0) is 37.6 Å². The maximum absolute atomic E-state index is 12.1. The number of rotatable bonds is 6. The van der Waals surface area contributed by atoms with Crippen molar-refractivity contribution in [3.05, 3.63) is 59.7 Å². The van der Waals surface area contributed by atoms with E-state index in [-0.39, 0.29) is 11.9 Å². The number of carbonyl (C=O) groups excluding carboxylic acids is 1. The van der Waals surface area contributed by atoms with E-state index >= 15 is 0 Å². The second-order valence-electron chi connectivity index (χ2n) is 8.50. The minimum atomic E-state index is -0.0365. The molecule has 1 aliphatic heterocycles. The number of likely N-dealkylation sites (tertiary alicyclic amines) is 1. The molecule has 0 unspecified atom stereocenters. The molecule has 1 amide bonds. The third-order valence-corrected chi connectivity index (χ3v) is 5.80. The summed E-state index contributed by atoms with van der Waals surface area (Å²) in [5.74, 6) is 1.71. The normalized spacial score (nSPS) is 16.3. The first-order chi connectivity index (χ1) is 14.9. The van der Waals surface area contributed by atoms with Gasteiger partial charge in [0.25, 0.3) is 0 Å². The third kappa shape index (κ3) is 4.66. The van der Waals surface area contributed by atoms with Gasteiger partial charge in [-0.2, -0.15) is 0 Å². The van der Waals surface area contributed by atoms with Crippen molar-refractivity contribution in [2.45, 2.75) is 38.9 Å². The van der Waals surface area contributed by atoms with Crippen molar-refractivity contribution in [1.29, 1.82) is 0 Å². The van der Waals surface area contributed by atoms with Crippen molar-refractivity contribution >= 4 is 22.6 Å². The topological polar surface area (TPSA) is 65.5 Å². The zero-order valence-electron chi connectivity index (χ0n) is 18.7. The molecule has 162 valence electrons. The summed E-state index contributed by atoms with van der Waals surface area (Å²) in [6.45, 7) is 3.89. The Hall–Kier alpha value is -3.06. The van der Waals surface area contributed by atoms with Gasteiger partial charge in [-0.15, -0.1) is 0 Å². The molecule has 7 nitrogen and oxygen atoms in total. The van der Waals surface area contributed by atoms with Gasteiger partial charge in [0.2, 0.25) is 5.91 Å². The average Bonchev–Trinajstić information content (AvgIpc) is 3.24. The van der Waals surface area contributed by atoms with Crippen LogP contribution in [0.5, 0.6) is 0 Å². The molecular weight excluding hydrogens is 388 g/mol. The zero-order valence-corrected chi connectivity index (χ0v) is 18.7. The van der Waals surface area contributed by atoms with Crippen LogP contribution in [0.25, 0.3) is 10.9 Å². The van der Waals surface area contributed by atoms with Crippen LogP contribution in [-0.2, 0) is 17.9 Å². The maximum Gasteiger partial charge on any atom is 0.220 e. The van der Waals surface area contributed by atoms with Gasteiger partial charge < -0.3 is 9.80 Å². The number of fused-ring (bicyclic) bond motifs is 1. The molecule has 1 aliphatic rings. The number of hydrogen-bond donors (Lipinski definition) is 0. The van der Waals surface area contributed by atoms with E-state index in [9.17, 15) is 4.79 Å². The summed E-state index contributed by atoms with van der Waals surface area (Å²) in [7, 11) is 6.07. The molecule has 3 heterocycles. The molecular formula is C24H30N6O. The van der Waals surface area contributed by atoms with Crippen LogP contribution in [0.3, 0.4) is 0 Å². The number of carbonyl (C=O) groups is 1. The second kappa shape index (κ2) is 8.98. The lowest BCUT2D eigenvalue weighted by molar-refractivity contribution is -0.129. The zero-order chi connectivity index (χ0) is 22.0. The first kappa shape index (κ1) is 21.2. The first-order valence-corrected chi connectivity index (χ1v) is 10.8. The summed E-state index contributed by atoms with van der Waals surface area (Å²) in [6, 6.07) is 12.4. The van der Waals surface area contributed by atoms with Crippen molar-refractivity contribution < 1.29 is 4.79 Å². The molecule has 4 rings (SSSR count). The molecule has 0 radical (unpaired) electrons. The first-order valence-electron chi connectivity index (χ1n) is 10.8. The Morgan fingerprint density at radius 3 is 2.74 bits per heavy atom. The molecule has 2 aromatic heterocycles. The fourth-order valence-corrected chi connectivity index (χ4v) is 4.30. The van der Waals surface area contributed by atoms with E-state index in [1.807, 2.05) is 48.3 Å². The summed E-state index contributed by atoms with van der Waals surface area (Å²) in [4.78, 5) is 32.3. The van der Waals surface area contributed by atoms with Gasteiger partial charge in [0.15, 0.2) is 5.82 Å². The lowest BCUT2D eigenvalue weighted by Crippen LogP contribution is -2.30. The lowest BCUT2D eigenvalue weighted by atomic mass is 10.1. The number of aromatic nitrogens is 3. The molecule has 0 aliphatic carbocycles. The highest BCUT2D eigenvalue weighted by Gasteiger charge is 2.30. The minimum absolute atomic E-state index is 0.0365. The lowest BCUT2D eigenvalue weighted by Gasteiger charge is -2.24. The Bertz CT molecular complexity index is 1080. The van der Waals surface area contributed by atoms with Gasteiger partial charge >= 0.3 is 0 Å². The van der Waals surface area contributed by atoms with Crippen LogP contribution in [0.2, 0.25) is 0 Å². The van der Waals surface area contributed by atoms with E-state index in [0.717, 1.165) is 48.8 Å². The Balaban J connectivity index is 1.58. The molecule has 0 spiro atoms. The minimum Gasteiger partial charge on any atom is -0.363 e. The summed E-state index contributed by atoms with van der Waals surface area (Å²) in [5.41, 5.74) is 3.22. The molecule has 3 aromatic rings. The van der Waals surface area contributed by atoms with Gasteiger partial charge in [-0.1, -0.05) is 18.2 Å². The van der Waals surface area contributed by atoms with Gasteiger partial charge in [-0.3, -0.25) is 14.7 Å². The smallest absolute Gasteiger partial charge is 0.220 e. The predicted octanol–water partition coefficient (Wildman–Crippen LogP) is 3.41. The van der Waals surface area contributed by atoms with Crippen molar-refractivity contribution in [2.75, 3.05) is 32.6 Å². The number of pyridine rings is 1. The number of anilines is 1. The van der Waals surface area contributed by atoms with Crippen LogP contribution in [0, 0.1) is 0 Å². The van der Waals surface area contributed by atoms with Crippen molar-refractivity contribution in [2.24, 2.45) is 0 Å². The number of hydrogen-bond acceptors (Lipinski definition) is 6. The van der Waals surface area contributed by atoms with E-state index in [2.05, 4.69) is 35.1 Å². The van der Waals surface area contributed by atoms with E-state index in [1.165, 1.54) is 10.9 Å². The predicted molar refractivity (Wildman–Crippen MR) is 123 cm³/mol. The van der Waals surface area contributed by atoms with E-state index < -0.39 is 0 Å². The SMILES string of the molecule is CC(=O)N1CCC[C@@H]1c1nc(CN(C)Cc2cccc3ncccc23)cc(N(C)C)n1. The molecule has 1 fully saturated rings. The van der Waals surface area contributed by atoms with Crippen LogP contribution < -0.4 is 4.90 Å². The molecule has 0 N–H and O–H groups in total. The van der Waals surface area contributed by atoms with Gasteiger partial charge in [-0.25, -0.2) is 9.97 Å². The monoisotopic (exact) mass is 418 g/mol. The molecule has 1 atom stereocenters. The van der Waals surface area contributed by atoms with E-state index in [1.54, 1.807) is 6.92 Å². The Labute approximate surface area is 183 Å². The highest BCUT2D eigenvalue weighted by molar-refractivity contribution is 5.81. The summed E-state index contributed by atoms with van der Waals surface area (Å²) in [6.07, 6.45) is 3.73. The second-order valence-corrected chi connectivity index (χ2v) is 8.50. The van der Waals surface area contributed by atoms with Crippen LogP contribution in [0.15, 0.2) is 42.6 Å². The van der Waals surface area contributed by atoms with E-state index in [0.29, 0.717) is 6.54 Å². The Morgan fingerprint density at radius 2 is 1.97 bits per heavy atom.